The van der Waals surface area contributed by atoms with Crippen molar-refractivity contribution >= 4 is 36.9 Å². The first kappa shape index (κ1) is 8.65. The molecule has 0 N–H and O–H groups in total. The Bertz CT molecular complexity index is 41.4. The minimum atomic E-state index is 1.19. The Labute approximate surface area is 68.3 Å². The van der Waals surface area contributed by atoms with E-state index in [2.05, 4.69) is 21.2 Å². The summed E-state index contributed by atoms with van der Waals surface area (Å²) in [6, 6.07) is 0. The first-order valence-electron chi connectivity index (χ1n) is 3.26. The zero-order chi connectivity index (χ0) is 6.36. The average Bonchev–Trinajstić information content (AvgIpc) is 2.00. The Hall–Kier alpha value is 1.56. The van der Waals surface area contributed by atoms with Crippen molar-refractivity contribution in [2.24, 2.45) is 0 Å². The standard InChI is InChI=1S/C5H12P2S2/c1-2-4-6-7-9-8-5-3-1/h6-7H,1-5H2. The second-order valence-corrected chi connectivity index (χ2v) is 10.1. The Morgan fingerprint density at radius 1 is 1.11 bits per heavy atom. The van der Waals surface area contributed by atoms with Crippen molar-refractivity contribution in [3.63, 3.8) is 0 Å². The first-order valence-corrected chi connectivity index (χ1v) is 9.51. The molecule has 0 nitrogen and oxygen atoms in total. The van der Waals surface area contributed by atoms with Gasteiger partial charge in [0.1, 0.15) is 0 Å². The molecular weight excluding hydrogens is 186 g/mol. The van der Waals surface area contributed by atoms with Crippen molar-refractivity contribution in [3.05, 3.63) is 0 Å². The Kier molecular flexibility index (Phi) is 6.04. The predicted octanol–water partition coefficient (Wildman–Crippen LogP) is 3.74. The van der Waals surface area contributed by atoms with Gasteiger partial charge in [-0.15, -0.1) is 0 Å². The van der Waals surface area contributed by atoms with Crippen molar-refractivity contribution in [1.82, 2.24) is 0 Å². The van der Waals surface area contributed by atoms with Crippen molar-refractivity contribution in [3.8, 4) is 0 Å². The minimum Gasteiger partial charge on any atom is -0.0895 e. The van der Waals surface area contributed by atoms with E-state index in [1.165, 1.54) is 46.9 Å². The molecule has 1 aliphatic heterocycles. The van der Waals surface area contributed by atoms with Gasteiger partial charge < -0.3 is 0 Å². The van der Waals surface area contributed by atoms with Crippen LogP contribution in [-0.2, 0) is 0 Å². The highest BCUT2D eigenvalue weighted by Gasteiger charge is 1.96. The topological polar surface area (TPSA) is 0 Å². The summed E-state index contributed by atoms with van der Waals surface area (Å²) in [7, 11) is 6.63. The van der Waals surface area contributed by atoms with Gasteiger partial charge in [0.15, 0.2) is 0 Å². The molecule has 0 aromatic carbocycles. The Balaban J connectivity index is 2.02. The second kappa shape index (κ2) is 6.28. The molecule has 1 heterocycles. The fourth-order valence-corrected chi connectivity index (χ4v) is 9.46. The van der Waals surface area contributed by atoms with Crippen LogP contribution in [0.5, 0.6) is 0 Å². The quantitative estimate of drug-likeness (QED) is 0.429. The predicted molar refractivity (Wildman–Crippen MR) is 55.4 cm³/mol. The van der Waals surface area contributed by atoms with Gasteiger partial charge in [-0.3, -0.25) is 0 Å². The molecule has 4 heteroatoms. The summed E-state index contributed by atoms with van der Waals surface area (Å²) in [6.07, 6.45) is 5.93. The maximum atomic E-state index is 2.10. The highest BCUT2D eigenvalue weighted by Crippen LogP contribution is 2.54. The third-order valence-corrected chi connectivity index (χ3v) is 10.3. The molecule has 1 fully saturated rings. The van der Waals surface area contributed by atoms with Gasteiger partial charge in [-0.25, -0.2) is 0 Å². The average molecular weight is 198 g/mol. The van der Waals surface area contributed by atoms with Crippen molar-refractivity contribution in [2.75, 3.05) is 11.9 Å². The van der Waals surface area contributed by atoms with Gasteiger partial charge in [0.2, 0.25) is 0 Å². The highest BCUT2D eigenvalue weighted by molar-refractivity contribution is 9.02. The van der Waals surface area contributed by atoms with Crippen molar-refractivity contribution < 1.29 is 0 Å². The zero-order valence-corrected chi connectivity index (χ0v) is 8.99. The second-order valence-electron chi connectivity index (χ2n) is 1.99. The largest absolute Gasteiger partial charge is 0.0895 e. The lowest BCUT2D eigenvalue weighted by Crippen LogP contribution is -1.78. The summed E-state index contributed by atoms with van der Waals surface area (Å²) in [6.45, 7) is 0. The molecule has 1 aliphatic rings. The SMILES string of the molecule is C1CCPPSSCC1. The van der Waals surface area contributed by atoms with Crippen LogP contribution in [0.15, 0.2) is 0 Å². The van der Waals surface area contributed by atoms with E-state index < -0.39 is 0 Å². The summed E-state index contributed by atoms with van der Waals surface area (Å²) in [4.78, 5) is 0. The molecule has 0 aromatic heterocycles. The van der Waals surface area contributed by atoms with Gasteiger partial charge in [-0.2, -0.15) is 0 Å². The van der Waals surface area contributed by atoms with Crippen molar-refractivity contribution in [1.29, 1.82) is 0 Å². The highest BCUT2D eigenvalue weighted by atomic mass is 33.4. The van der Waals surface area contributed by atoms with Crippen LogP contribution in [0.2, 0.25) is 0 Å². The number of hydrogen-bond donors (Lipinski definition) is 0. The van der Waals surface area contributed by atoms with E-state index in [1.807, 2.05) is 0 Å². The Morgan fingerprint density at radius 2 is 2.11 bits per heavy atom. The molecule has 0 spiro atoms. The summed E-state index contributed by atoms with van der Waals surface area (Å²) in [5.41, 5.74) is 0. The fraction of sp³-hybridized carbons (Fsp3) is 1.00. The number of hydrogen-bond acceptors (Lipinski definition) is 2. The smallest absolute Gasteiger partial charge is 0.00401 e. The van der Waals surface area contributed by atoms with Gasteiger partial charge in [0.05, 0.1) is 0 Å². The van der Waals surface area contributed by atoms with Gasteiger partial charge in [-0.05, 0) is 26.5 Å². The number of rotatable bonds is 0. The normalized spacial score (nSPS) is 29.3. The molecule has 0 aromatic rings. The lowest BCUT2D eigenvalue weighted by atomic mass is 10.3. The van der Waals surface area contributed by atoms with E-state index in [4.69, 9.17) is 0 Å². The van der Waals surface area contributed by atoms with Gasteiger partial charge in [-0.1, -0.05) is 35.9 Å². The lowest BCUT2D eigenvalue weighted by molar-refractivity contribution is 0.786. The van der Waals surface area contributed by atoms with E-state index in [1.54, 1.807) is 0 Å². The molecule has 1 saturated heterocycles. The van der Waals surface area contributed by atoms with Crippen LogP contribution >= 0.6 is 36.9 Å². The molecule has 0 radical (unpaired) electrons. The molecular formula is C5H12P2S2. The fourth-order valence-electron chi connectivity index (χ4n) is 0.703. The molecule has 54 valence electrons. The van der Waals surface area contributed by atoms with Crippen LogP contribution in [0, 0.1) is 0 Å². The van der Waals surface area contributed by atoms with Crippen LogP contribution in [-0.4, -0.2) is 11.9 Å². The third-order valence-electron chi connectivity index (χ3n) is 1.20. The molecule has 0 bridgehead atoms. The van der Waals surface area contributed by atoms with Crippen LogP contribution in [0.25, 0.3) is 0 Å². The zero-order valence-electron chi connectivity index (χ0n) is 5.35. The van der Waals surface area contributed by atoms with E-state index in [9.17, 15) is 0 Å². The van der Waals surface area contributed by atoms with Crippen LogP contribution < -0.4 is 0 Å². The third kappa shape index (κ3) is 4.90. The van der Waals surface area contributed by atoms with Crippen LogP contribution in [0.1, 0.15) is 19.3 Å². The summed E-state index contributed by atoms with van der Waals surface area (Å²) >= 11 is 0. The van der Waals surface area contributed by atoms with Gasteiger partial charge in [0, 0.05) is 5.75 Å². The van der Waals surface area contributed by atoms with E-state index >= 15 is 0 Å². The van der Waals surface area contributed by atoms with Gasteiger partial charge in [0.25, 0.3) is 0 Å². The first-order chi connectivity index (χ1) is 4.50. The molecule has 0 saturated carbocycles. The van der Waals surface area contributed by atoms with E-state index in [-0.39, 0.29) is 0 Å². The lowest BCUT2D eigenvalue weighted by Gasteiger charge is -1.93. The molecule has 0 amide bonds. The minimum absolute atomic E-state index is 1.19. The monoisotopic (exact) mass is 198 g/mol. The molecule has 0 aliphatic carbocycles. The summed E-state index contributed by atoms with van der Waals surface area (Å²) < 4.78 is 0. The molecule has 9 heavy (non-hydrogen) atoms. The Morgan fingerprint density at radius 3 is 3.11 bits per heavy atom. The van der Waals surface area contributed by atoms with Crippen LogP contribution in [0.3, 0.4) is 0 Å². The molecule has 2 atom stereocenters. The van der Waals surface area contributed by atoms with Crippen LogP contribution in [0.4, 0.5) is 0 Å². The molecule has 1 rings (SSSR count). The van der Waals surface area contributed by atoms with Gasteiger partial charge >= 0.3 is 0 Å². The van der Waals surface area contributed by atoms with Crippen molar-refractivity contribution in [2.45, 2.75) is 19.3 Å². The summed E-state index contributed by atoms with van der Waals surface area (Å²) in [5, 5.41) is 0. The van der Waals surface area contributed by atoms with E-state index in [0.29, 0.717) is 0 Å². The maximum Gasteiger partial charge on any atom is 0.00401 e. The summed E-state index contributed by atoms with van der Waals surface area (Å²) in [5.74, 6) is 1.39. The maximum absolute atomic E-state index is 2.10. The molecule has 2 unspecified atom stereocenters. The van der Waals surface area contributed by atoms with E-state index in [0.717, 1.165) is 0 Å².